The number of piperidine rings is 1. The zero-order valence-electron chi connectivity index (χ0n) is 34.0. The first kappa shape index (κ1) is 42.8. The van der Waals surface area contributed by atoms with Gasteiger partial charge in [0.25, 0.3) is 5.91 Å². The number of pyridine rings is 1. The summed E-state index contributed by atoms with van der Waals surface area (Å²) in [4.78, 5) is 43.4. The molecule has 6 N–H and O–H groups in total. The molecule has 0 bridgehead atoms. The summed E-state index contributed by atoms with van der Waals surface area (Å²) in [5.74, 6) is -0.351. The van der Waals surface area contributed by atoms with Crippen LogP contribution in [0.15, 0.2) is 138 Å². The van der Waals surface area contributed by atoms with Crippen molar-refractivity contribution in [2.75, 3.05) is 39.3 Å². The van der Waals surface area contributed by atoms with Crippen molar-refractivity contribution in [3.63, 3.8) is 0 Å². The number of aliphatic hydroxyl groups excluding tert-OH is 1. The minimum atomic E-state index is -2.05. The molecule has 2 heterocycles. The van der Waals surface area contributed by atoms with Crippen molar-refractivity contribution < 1.29 is 34.4 Å². The number of aromatic hydroxyl groups is 1. The maximum Gasteiger partial charge on any atom is 0.347 e. The lowest BCUT2D eigenvalue weighted by Gasteiger charge is -2.33. The van der Waals surface area contributed by atoms with Crippen molar-refractivity contribution in [3.8, 4) is 11.5 Å². The number of phenolic OH excluding ortho intramolecular Hbond substituents is 1. The highest BCUT2D eigenvalue weighted by Gasteiger charge is 2.42. The Labute approximate surface area is 354 Å². The average Bonchev–Trinajstić information content (AvgIpc) is 3.30. The average molecular weight is 825 g/mol. The number of phenols is 1. The third-order valence-corrected chi connectivity index (χ3v) is 11.2. The van der Waals surface area contributed by atoms with Gasteiger partial charge in [0, 0.05) is 42.2 Å². The summed E-state index contributed by atoms with van der Waals surface area (Å²) in [6.07, 6.45) is 1.56. The summed E-state index contributed by atoms with van der Waals surface area (Å²) in [5, 5.41) is 39.7. The number of nitrogens with one attached hydrogen (secondary N) is 3. The Morgan fingerprint density at radius 1 is 0.820 bits per heavy atom. The second-order valence-electron chi connectivity index (χ2n) is 15.5. The SMILES string of the molecule is O=C(NCCCNC[C@H](O)c1ccc(O)c2[nH]c(=O)ccc12)c1ccc(COc2cccc(C(O)(C(=O)OCC3CCN(Cc4ccccc4)CC3)c3ccccc3)c2)cc1. The first-order valence-corrected chi connectivity index (χ1v) is 20.7. The van der Waals surface area contributed by atoms with E-state index >= 15 is 0 Å². The van der Waals surface area contributed by atoms with Crippen LogP contribution in [0.5, 0.6) is 11.5 Å². The lowest BCUT2D eigenvalue weighted by atomic mass is 9.86. The number of ether oxygens (including phenoxy) is 2. The number of nitrogens with zero attached hydrogens (tertiary/aromatic N) is 1. The first-order chi connectivity index (χ1) is 29.7. The molecule has 0 saturated carbocycles. The number of carbonyl (C=O) groups is 2. The molecule has 12 nitrogen and oxygen atoms in total. The maximum atomic E-state index is 13.8. The predicted octanol–water partition coefficient (Wildman–Crippen LogP) is 5.95. The predicted molar refractivity (Wildman–Crippen MR) is 233 cm³/mol. The fraction of sp³-hybridized carbons (Fsp3) is 0.286. The highest BCUT2D eigenvalue weighted by atomic mass is 16.5. The summed E-state index contributed by atoms with van der Waals surface area (Å²) in [6.45, 7) is 4.36. The topological polar surface area (TPSA) is 173 Å². The molecule has 12 heteroatoms. The smallest absolute Gasteiger partial charge is 0.347 e. The van der Waals surface area contributed by atoms with E-state index < -0.39 is 17.7 Å². The van der Waals surface area contributed by atoms with Crippen LogP contribution < -0.4 is 20.9 Å². The molecule has 0 spiro atoms. The molecule has 1 aliphatic heterocycles. The quantitative estimate of drug-likeness (QED) is 0.0450. The van der Waals surface area contributed by atoms with Gasteiger partial charge in [-0.3, -0.25) is 14.5 Å². The van der Waals surface area contributed by atoms with E-state index in [1.807, 2.05) is 24.3 Å². The first-order valence-electron chi connectivity index (χ1n) is 20.7. The Bertz CT molecular complexity index is 2440. The Morgan fingerprint density at radius 3 is 2.30 bits per heavy atom. The molecule has 1 unspecified atom stereocenters. The molecule has 1 saturated heterocycles. The largest absolute Gasteiger partial charge is 0.506 e. The molecule has 2 atom stereocenters. The van der Waals surface area contributed by atoms with Gasteiger partial charge in [-0.05, 0) is 103 Å². The van der Waals surface area contributed by atoms with Crippen molar-refractivity contribution in [2.45, 2.75) is 44.1 Å². The second-order valence-corrected chi connectivity index (χ2v) is 15.5. The van der Waals surface area contributed by atoms with E-state index in [-0.39, 0.29) is 48.4 Å². The number of hydrogen-bond acceptors (Lipinski definition) is 10. The van der Waals surface area contributed by atoms with E-state index in [0.29, 0.717) is 52.9 Å². The van der Waals surface area contributed by atoms with Gasteiger partial charge in [0.05, 0.1) is 18.2 Å². The van der Waals surface area contributed by atoms with Gasteiger partial charge in [-0.25, -0.2) is 4.79 Å². The maximum absolute atomic E-state index is 13.8. The summed E-state index contributed by atoms with van der Waals surface area (Å²) in [7, 11) is 0. The molecular formula is C49H52N4O8. The molecule has 1 fully saturated rings. The number of aromatic nitrogens is 1. The van der Waals surface area contributed by atoms with Gasteiger partial charge in [0.15, 0.2) is 0 Å². The van der Waals surface area contributed by atoms with Crippen LogP contribution in [0.3, 0.4) is 0 Å². The van der Waals surface area contributed by atoms with Crippen LogP contribution in [-0.4, -0.2) is 76.4 Å². The Hall–Kier alpha value is -6.31. The fourth-order valence-corrected chi connectivity index (χ4v) is 7.68. The molecule has 61 heavy (non-hydrogen) atoms. The van der Waals surface area contributed by atoms with Crippen LogP contribution in [0.4, 0.5) is 0 Å². The number of rotatable bonds is 18. The minimum Gasteiger partial charge on any atom is -0.506 e. The molecule has 7 rings (SSSR count). The molecule has 316 valence electrons. The number of carbonyl (C=O) groups excluding carboxylic acids is 2. The molecular weight excluding hydrogens is 773 g/mol. The molecule has 0 aliphatic carbocycles. The molecule has 0 radical (unpaired) electrons. The molecule has 1 aromatic heterocycles. The highest BCUT2D eigenvalue weighted by Crippen LogP contribution is 2.34. The van der Waals surface area contributed by atoms with Gasteiger partial charge in [-0.1, -0.05) is 91.0 Å². The number of esters is 1. The standard InChI is InChI=1S/C49H52N4O8/c54-43-21-19-41(42-20-22-45(56)52-46(42)43)44(55)30-50-25-8-26-51-47(57)37-17-15-35(16-18-37)32-60-40-14-7-13-39(29-40)49(59,38-11-5-2-6-12-38)48(58)61-33-36-23-27-53(28-24-36)31-34-9-3-1-4-10-34/h1-7,9-22,29,36,44,50,54-55,59H,8,23-28,30-33H2,(H,51,57)(H,52,56)/t44-,49?/m0/s1. The van der Waals surface area contributed by atoms with Gasteiger partial charge < -0.3 is 40.4 Å². The van der Waals surface area contributed by atoms with Gasteiger partial charge in [0.1, 0.15) is 18.1 Å². The molecule has 1 aliphatic rings. The summed E-state index contributed by atoms with van der Waals surface area (Å²) in [5.41, 5.74) is 1.81. The number of likely N-dealkylation sites (tertiary alicyclic amines) is 1. The van der Waals surface area contributed by atoms with Crippen molar-refractivity contribution in [3.05, 3.63) is 177 Å². The Morgan fingerprint density at radius 2 is 1.54 bits per heavy atom. The lowest BCUT2D eigenvalue weighted by Crippen LogP contribution is -2.40. The Kier molecular flexibility index (Phi) is 14.2. The fourth-order valence-electron chi connectivity index (χ4n) is 7.68. The number of hydrogen-bond donors (Lipinski definition) is 6. The third kappa shape index (κ3) is 10.9. The van der Waals surface area contributed by atoms with Crippen LogP contribution in [0.2, 0.25) is 0 Å². The molecule has 5 aromatic carbocycles. The van der Waals surface area contributed by atoms with E-state index in [9.17, 15) is 29.7 Å². The third-order valence-electron chi connectivity index (χ3n) is 11.2. The van der Waals surface area contributed by atoms with Crippen molar-refractivity contribution in [1.82, 2.24) is 20.5 Å². The molecule has 1 amide bonds. The minimum absolute atomic E-state index is 0.0658. The van der Waals surface area contributed by atoms with Crippen LogP contribution in [0.1, 0.15) is 63.5 Å². The van der Waals surface area contributed by atoms with E-state index in [0.717, 1.165) is 38.0 Å². The van der Waals surface area contributed by atoms with E-state index in [4.69, 9.17) is 9.47 Å². The highest BCUT2D eigenvalue weighted by molar-refractivity contribution is 5.94. The lowest BCUT2D eigenvalue weighted by molar-refractivity contribution is -0.164. The van der Waals surface area contributed by atoms with Crippen LogP contribution in [0.25, 0.3) is 10.9 Å². The van der Waals surface area contributed by atoms with Gasteiger partial charge >= 0.3 is 5.97 Å². The van der Waals surface area contributed by atoms with E-state index in [2.05, 4.69) is 44.8 Å². The van der Waals surface area contributed by atoms with Crippen molar-refractivity contribution in [1.29, 1.82) is 0 Å². The van der Waals surface area contributed by atoms with Crippen LogP contribution in [0, 0.1) is 5.92 Å². The Balaban J connectivity index is 0.869. The number of benzene rings is 5. The van der Waals surface area contributed by atoms with Crippen molar-refractivity contribution in [2.24, 2.45) is 5.92 Å². The van der Waals surface area contributed by atoms with Gasteiger partial charge in [-0.15, -0.1) is 0 Å². The normalized spacial score (nSPS) is 14.9. The number of fused-ring (bicyclic) bond motifs is 1. The van der Waals surface area contributed by atoms with E-state index in [1.165, 1.54) is 17.7 Å². The summed E-state index contributed by atoms with van der Waals surface area (Å²) in [6, 6.07) is 39.1. The molecule has 6 aromatic rings. The number of aliphatic hydroxyl groups is 2. The summed E-state index contributed by atoms with van der Waals surface area (Å²) >= 11 is 0. The number of aromatic amines is 1. The summed E-state index contributed by atoms with van der Waals surface area (Å²) < 4.78 is 12.0. The van der Waals surface area contributed by atoms with Gasteiger partial charge in [-0.2, -0.15) is 0 Å². The van der Waals surface area contributed by atoms with Gasteiger partial charge in [0.2, 0.25) is 11.2 Å². The number of amides is 1. The zero-order valence-corrected chi connectivity index (χ0v) is 34.0. The number of H-pyrrole nitrogens is 1. The van der Waals surface area contributed by atoms with Crippen LogP contribution in [-0.2, 0) is 28.3 Å². The van der Waals surface area contributed by atoms with Crippen molar-refractivity contribution >= 4 is 22.8 Å². The second kappa shape index (κ2) is 20.3. The monoisotopic (exact) mass is 824 g/mol. The zero-order chi connectivity index (χ0) is 42.6. The van der Waals surface area contributed by atoms with Crippen LogP contribution >= 0.6 is 0 Å². The van der Waals surface area contributed by atoms with E-state index in [1.54, 1.807) is 72.8 Å².